The van der Waals surface area contributed by atoms with Crippen LogP contribution in [0.3, 0.4) is 0 Å². The first-order valence-corrected chi connectivity index (χ1v) is 7.19. The number of ether oxygens (including phenoxy) is 2. The summed E-state index contributed by atoms with van der Waals surface area (Å²) in [6.45, 7) is 3.72. The second-order valence-electron chi connectivity index (χ2n) is 4.94. The van der Waals surface area contributed by atoms with Crippen molar-refractivity contribution < 1.29 is 14.3 Å². The molecular formula is C19H20O3. The topological polar surface area (TPSA) is 35.5 Å². The van der Waals surface area contributed by atoms with Crippen LogP contribution in [0.2, 0.25) is 0 Å². The van der Waals surface area contributed by atoms with Crippen LogP contribution in [0.5, 0.6) is 0 Å². The van der Waals surface area contributed by atoms with Crippen LogP contribution >= 0.6 is 0 Å². The molecule has 0 aromatic heterocycles. The Morgan fingerprint density at radius 1 is 1.27 bits per heavy atom. The highest BCUT2D eigenvalue weighted by molar-refractivity contribution is 5.87. The maximum absolute atomic E-state index is 11.9. The van der Waals surface area contributed by atoms with Gasteiger partial charge < -0.3 is 9.47 Å². The van der Waals surface area contributed by atoms with Crippen LogP contribution in [0.15, 0.2) is 72.9 Å². The fraction of sp³-hybridized carbons (Fsp3) is 0.211. The number of benzene rings is 1. The summed E-state index contributed by atoms with van der Waals surface area (Å²) in [4.78, 5) is 11.9. The number of carbonyl (C=O) groups is 1. The highest BCUT2D eigenvalue weighted by atomic mass is 16.6. The van der Waals surface area contributed by atoms with E-state index in [-0.39, 0.29) is 12.1 Å². The summed E-state index contributed by atoms with van der Waals surface area (Å²) in [6, 6.07) is 9.61. The Labute approximate surface area is 131 Å². The Kier molecular flexibility index (Phi) is 5.92. The predicted octanol–water partition coefficient (Wildman–Crippen LogP) is 3.70. The van der Waals surface area contributed by atoms with Crippen molar-refractivity contribution in [2.24, 2.45) is 0 Å². The molecule has 0 radical (unpaired) electrons. The number of carbonyl (C=O) groups excluding carboxylic acids is 1. The molecule has 1 aliphatic carbocycles. The van der Waals surface area contributed by atoms with E-state index in [9.17, 15) is 4.79 Å². The molecule has 0 saturated heterocycles. The minimum Gasteiger partial charge on any atom is -0.452 e. The first-order chi connectivity index (χ1) is 10.7. The lowest BCUT2D eigenvalue weighted by atomic mass is 10.00. The smallest absolute Gasteiger partial charge is 0.331 e. The van der Waals surface area contributed by atoms with Crippen LogP contribution in [0.1, 0.15) is 12.0 Å². The Bertz CT molecular complexity index is 596. The van der Waals surface area contributed by atoms with Crippen molar-refractivity contribution in [3.05, 3.63) is 78.4 Å². The van der Waals surface area contributed by atoms with Gasteiger partial charge in [0, 0.05) is 13.2 Å². The Balaban J connectivity index is 1.95. The maximum Gasteiger partial charge on any atom is 0.331 e. The largest absolute Gasteiger partial charge is 0.452 e. The standard InChI is InChI=1S/C19H20O3/c1-3-7-16-10-12-17(18(14-16)21-2)22-19(20)13-11-15-8-5-4-6-9-15/h3-6,8-14,17-18H,1,7H2,2H3. The van der Waals surface area contributed by atoms with Gasteiger partial charge in [-0.05, 0) is 35.8 Å². The van der Waals surface area contributed by atoms with E-state index in [1.807, 2.05) is 54.6 Å². The van der Waals surface area contributed by atoms with Gasteiger partial charge in [0.1, 0.15) is 6.10 Å². The van der Waals surface area contributed by atoms with Crippen LogP contribution in [0.4, 0.5) is 0 Å². The van der Waals surface area contributed by atoms with E-state index in [0.717, 1.165) is 17.6 Å². The summed E-state index contributed by atoms with van der Waals surface area (Å²) < 4.78 is 10.8. The third-order valence-electron chi connectivity index (χ3n) is 3.32. The zero-order valence-electron chi connectivity index (χ0n) is 12.6. The Hall–Kier alpha value is -2.39. The second-order valence-corrected chi connectivity index (χ2v) is 4.94. The molecule has 0 spiro atoms. The molecule has 2 atom stereocenters. The molecule has 3 heteroatoms. The number of esters is 1. The minimum absolute atomic E-state index is 0.269. The van der Waals surface area contributed by atoms with Gasteiger partial charge in [0.25, 0.3) is 0 Å². The zero-order chi connectivity index (χ0) is 15.8. The SMILES string of the molecule is C=CCC1=CC(OC)C(OC(=O)C=Cc2ccccc2)C=C1. The summed E-state index contributed by atoms with van der Waals surface area (Å²) in [6.07, 6.45) is 10.8. The molecule has 114 valence electrons. The van der Waals surface area contributed by atoms with E-state index in [4.69, 9.17) is 9.47 Å². The summed E-state index contributed by atoms with van der Waals surface area (Å²) in [5.41, 5.74) is 2.06. The molecule has 3 nitrogen and oxygen atoms in total. The third kappa shape index (κ3) is 4.57. The highest BCUT2D eigenvalue weighted by Gasteiger charge is 2.23. The van der Waals surface area contributed by atoms with Crippen molar-refractivity contribution in [1.29, 1.82) is 0 Å². The maximum atomic E-state index is 11.9. The number of allylic oxidation sites excluding steroid dienone is 3. The van der Waals surface area contributed by atoms with Crippen molar-refractivity contribution in [2.45, 2.75) is 18.6 Å². The van der Waals surface area contributed by atoms with Gasteiger partial charge in [-0.2, -0.15) is 0 Å². The van der Waals surface area contributed by atoms with Crippen molar-refractivity contribution >= 4 is 12.0 Å². The van der Waals surface area contributed by atoms with Crippen LogP contribution in [0.25, 0.3) is 6.08 Å². The van der Waals surface area contributed by atoms with Gasteiger partial charge in [-0.25, -0.2) is 4.79 Å². The minimum atomic E-state index is -0.411. The van der Waals surface area contributed by atoms with Gasteiger partial charge in [-0.3, -0.25) is 0 Å². The Morgan fingerprint density at radius 2 is 2.05 bits per heavy atom. The van der Waals surface area contributed by atoms with Gasteiger partial charge >= 0.3 is 5.97 Å². The van der Waals surface area contributed by atoms with Gasteiger partial charge in [0.2, 0.25) is 0 Å². The molecule has 0 N–H and O–H groups in total. The fourth-order valence-corrected chi connectivity index (χ4v) is 2.20. The monoisotopic (exact) mass is 296 g/mol. The van der Waals surface area contributed by atoms with Gasteiger partial charge in [0.05, 0.1) is 0 Å². The molecule has 0 bridgehead atoms. The molecular weight excluding hydrogens is 276 g/mol. The lowest BCUT2D eigenvalue weighted by molar-refractivity contribution is -0.145. The van der Waals surface area contributed by atoms with Crippen LogP contribution in [0, 0.1) is 0 Å². The average Bonchev–Trinajstić information content (AvgIpc) is 2.55. The average molecular weight is 296 g/mol. The molecule has 2 rings (SSSR count). The summed E-state index contributed by atoms with van der Waals surface area (Å²) in [5.74, 6) is -0.388. The van der Waals surface area contributed by atoms with Crippen LogP contribution < -0.4 is 0 Å². The normalized spacial score (nSPS) is 20.7. The van der Waals surface area contributed by atoms with E-state index in [1.54, 1.807) is 13.2 Å². The van der Waals surface area contributed by atoms with Crippen LogP contribution in [-0.2, 0) is 14.3 Å². The number of rotatable bonds is 6. The number of hydrogen-bond acceptors (Lipinski definition) is 3. The first-order valence-electron chi connectivity index (χ1n) is 7.19. The lowest BCUT2D eigenvalue weighted by Gasteiger charge is -2.24. The van der Waals surface area contributed by atoms with Crippen molar-refractivity contribution in [1.82, 2.24) is 0 Å². The summed E-state index contributed by atoms with van der Waals surface area (Å²) in [7, 11) is 1.60. The molecule has 1 aromatic rings. The summed E-state index contributed by atoms with van der Waals surface area (Å²) in [5, 5.41) is 0. The number of hydrogen-bond donors (Lipinski definition) is 0. The number of methoxy groups -OCH3 is 1. The molecule has 0 amide bonds. The Morgan fingerprint density at radius 3 is 2.73 bits per heavy atom. The third-order valence-corrected chi connectivity index (χ3v) is 3.32. The summed E-state index contributed by atoms with van der Waals surface area (Å²) >= 11 is 0. The fourth-order valence-electron chi connectivity index (χ4n) is 2.20. The van der Waals surface area contributed by atoms with Crippen molar-refractivity contribution in [3.63, 3.8) is 0 Å². The molecule has 1 aromatic carbocycles. The second kappa shape index (κ2) is 8.15. The first kappa shape index (κ1) is 16.0. The molecule has 2 unspecified atom stereocenters. The van der Waals surface area contributed by atoms with E-state index in [2.05, 4.69) is 6.58 Å². The van der Waals surface area contributed by atoms with E-state index >= 15 is 0 Å². The van der Waals surface area contributed by atoms with Gasteiger partial charge in [-0.15, -0.1) is 6.58 Å². The molecule has 0 saturated carbocycles. The highest BCUT2D eigenvalue weighted by Crippen LogP contribution is 2.19. The lowest BCUT2D eigenvalue weighted by Crippen LogP contribution is -2.31. The molecule has 0 fully saturated rings. The molecule has 0 aliphatic heterocycles. The van der Waals surface area contributed by atoms with Crippen molar-refractivity contribution in [2.75, 3.05) is 7.11 Å². The van der Waals surface area contributed by atoms with E-state index in [0.29, 0.717) is 0 Å². The van der Waals surface area contributed by atoms with Crippen molar-refractivity contribution in [3.8, 4) is 0 Å². The molecule has 1 aliphatic rings. The quantitative estimate of drug-likeness (QED) is 0.456. The molecule has 0 heterocycles. The van der Waals surface area contributed by atoms with Gasteiger partial charge in [-0.1, -0.05) is 42.5 Å². The molecule has 22 heavy (non-hydrogen) atoms. The van der Waals surface area contributed by atoms with Gasteiger partial charge in [0.15, 0.2) is 6.10 Å². The van der Waals surface area contributed by atoms with E-state index in [1.165, 1.54) is 6.08 Å². The van der Waals surface area contributed by atoms with E-state index < -0.39 is 6.10 Å². The predicted molar refractivity (Wildman–Crippen MR) is 88.2 cm³/mol. The van der Waals surface area contributed by atoms with Crippen LogP contribution in [-0.4, -0.2) is 25.3 Å². The zero-order valence-corrected chi connectivity index (χ0v) is 12.6.